The third kappa shape index (κ3) is 10.1. The molecule has 0 aromatic heterocycles. The third-order valence-electron chi connectivity index (χ3n) is 4.37. The van der Waals surface area contributed by atoms with Crippen LogP contribution in [0, 0.1) is 0 Å². The molecule has 0 atom stereocenters. The van der Waals surface area contributed by atoms with Crippen molar-refractivity contribution in [1.29, 1.82) is 0 Å². The standard InChI is InChI=1S/C20H32Cl4O2Si/c1-4-5-6-7-8-9-10-11-12-13-14-25-27(2,3)26-20-18(23)16(21)15-17(22)19(20)24/h15H,4-14H2,1-3H3. The van der Waals surface area contributed by atoms with Gasteiger partial charge < -0.3 is 8.85 Å². The minimum Gasteiger partial charge on any atom is -0.518 e. The summed E-state index contributed by atoms with van der Waals surface area (Å²) in [6.07, 6.45) is 13.0. The molecule has 0 fully saturated rings. The molecule has 0 unspecified atom stereocenters. The van der Waals surface area contributed by atoms with Crippen LogP contribution < -0.4 is 4.43 Å². The lowest BCUT2D eigenvalue weighted by Crippen LogP contribution is -2.39. The van der Waals surface area contributed by atoms with Crippen LogP contribution in [0.15, 0.2) is 6.07 Å². The van der Waals surface area contributed by atoms with Crippen molar-refractivity contribution in [3.63, 3.8) is 0 Å². The molecule has 0 aliphatic heterocycles. The fourth-order valence-corrected chi connectivity index (χ4v) is 5.21. The van der Waals surface area contributed by atoms with Crippen molar-refractivity contribution >= 4 is 55.0 Å². The third-order valence-corrected chi connectivity index (χ3v) is 7.50. The smallest absolute Gasteiger partial charge is 0.392 e. The molecule has 1 aromatic rings. The van der Waals surface area contributed by atoms with Crippen LogP contribution in [0.3, 0.4) is 0 Å². The Hall–Kier alpha value is 0.357. The predicted octanol–water partition coefficient (Wildman–Crippen LogP) is 9.32. The second-order valence-corrected chi connectivity index (χ2v) is 12.2. The van der Waals surface area contributed by atoms with Crippen LogP contribution >= 0.6 is 46.4 Å². The summed E-state index contributed by atoms with van der Waals surface area (Å²) in [4.78, 5) is 0. The summed E-state index contributed by atoms with van der Waals surface area (Å²) in [6, 6.07) is 1.51. The molecule has 1 aromatic carbocycles. The normalized spacial score (nSPS) is 11.8. The Bertz CT molecular complexity index is 541. The first kappa shape index (κ1) is 25.4. The Balaban J connectivity index is 2.25. The van der Waals surface area contributed by atoms with Crippen molar-refractivity contribution in [2.24, 2.45) is 0 Å². The van der Waals surface area contributed by atoms with E-state index >= 15 is 0 Å². The number of unbranched alkanes of at least 4 members (excludes halogenated alkanes) is 9. The second kappa shape index (κ2) is 13.6. The Kier molecular flexibility index (Phi) is 12.7. The Morgan fingerprint density at radius 1 is 0.741 bits per heavy atom. The van der Waals surface area contributed by atoms with Crippen LogP contribution in [0.25, 0.3) is 0 Å². The van der Waals surface area contributed by atoms with Gasteiger partial charge in [-0.1, -0.05) is 111 Å². The lowest BCUT2D eigenvalue weighted by Gasteiger charge is -2.25. The van der Waals surface area contributed by atoms with Gasteiger partial charge in [-0.2, -0.15) is 0 Å². The number of halogens is 4. The fourth-order valence-electron chi connectivity index (χ4n) is 2.82. The monoisotopic (exact) mass is 472 g/mol. The molecule has 0 aliphatic rings. The number of rotatable bonds is 14. The summed E-state index contributed by atoms with van der Waals surface area (Å²) in [5.74, 6) is 0.315. The van der Waals surface area contributed by atoms with Crippen LogP contribution in [0.1, 0.15) is 71.1 Å². The summed E-state index contributed by atoms with van der Waals surface area (Å²) in [5, 5.41) is 1.18. The van der Waals surface area contributed by atoms with Gasteiger partial charge in [0.1, 0.15) is 15.8 Å². The van der Waals surface area contributed by atoms with Gasteiger partial charge in [-0.25, -0.2) is 0 Å². The van der Waals surface area contributed by atoms with E-state index in [0.29, 0.717) is 22.4 Å². The van der Waals surface area contributed by atoms with Gasteiger partial charge in [-0.15, -0.1) is 0 Å². The van der Waals surface area contributed by atoms with Gasteiger partial charge in [0.05, 0.1) is 10.0 Å². The Morgan fingerprint density at radius 2 is 1.19 bits per heavy atom. The first-order valence-corrected chi connectivity index (χ1v) is 14.3. The molecule has 2 nitrogen and oxygen atoms in total. The van der Waals surface area contributed by atoms with Gasteiger partial charge in [0, 0.05) is 6.61 Å². The molecular weight excluding hydrogens is 442 g/mol. The maximum Gasteiger partial charge on any atom is 0.392 e. The highest BCUT2D eigenvalue weighted by molar-refractivity contribution is 6.65. The maximum atomic E-state index is 6.22. The lowest BCUT2D eigenvalue weighted by atomic mass is 10.1. The summed E-state index contributed by atoms with van der Waals surface area (Å²) in [6.45, 7) is 6.86. The van der Waals surface area contributed by atoms with Gasteiger partial charge in [0.25, 0.3) is 0 Å². The van der Waals surface area contributed by atoms with Crippen molar-refractivity contribution in [3.8, 4) is 5.75 Å². The van der Waals surface area contributed by atoms with E-state index in [1.807, 2.05) is 13.1 Å². The molecule has 0 saturated carbocycles. The zero-order chi connectivity index (χ0) is 20.3. The van der Waals surface area contributed by atoms with Crippen LogP contribution in [-0.4, -0.2) is 15.2 Å². The van der Waals surface area contributed by atoms with Crippen LogP contribution in [0.4, 0.5) is 0 Å². The van der Waals surface area contributed by atoms with E-state index < -0.39 is 8.56 Å². The average Bonchev–Trinajstić information content (AvgIpc) is 2.61. The van der Waals surface area contributed by atoms with E-state index in [1.165, 1.54) is 63.9 Å². The zero-order valence-electron chi connectivity index (χ0n) is 16.7. The minimum atomic E-state index is -2.43. The van der Waals surface area contributed by atoms with E-state index in [2.05, 4.69) is 6.92 Å². The largest absolute Gasteiger partial charge is 0.518 e. The summed E-state index contributed by atoms with van der Waals surface area (Å²) >= 11 is 24.6. The molecule has 0 N–H and O–H groups in total. The highest BCUT2D eigenvalue weighted by Crippen LogP contribution is 2.43. The van der Waals surface area contributed by atoms with Gasteiger partial charge in [0.15, 0.2) is 0 Å². The van der Waals surface area contributed by atoms with Crippen molar-refractivity contribution in [2.75, 3.05) is 6.61 Å². The first-order valence-electron chi connectivity index (χ1n) is 9.94. The quantitative estimate of drug-likeness (QED) is 0.152. The number of hydrogen-bond donors (Lipinski definition) is 0. The lowest BCUT2D eigenvalue weighted by molar-refractivity contribution is 0.241. The SMILES string of the molecule is CCCCCCCCCCCCO[Si](C)(C)Oc1c(Cl)c(Cl)cc(Cl)c1Cl. The molecule has 0 bridgehead atoms. The minimum absolute atomic E-state index is 0.272. The highest BCUT2D eigenvalue weighted by atomic mass is 35.5. The molecule has 0 saturated heterocycles. The summed E-state index contributed by atoms with van der Waals surface area (Å²) < 4.78 is 12.0. The predicted molar refractivity (Wildman–Crippen MR) is 122 cm³/mol. The summed E-state index contributed by atoms with van der Waals surface area (Å²) in [7, 11) is -2.43. The van der Waals surface area contributed by atoms with Gasteiger partial charge in [-0.05, 0) is 25.6 Å². The molecular formula is C20H32Cl4O2Si. The first-order chi connectivity index (χ1) is 12.8. The van der Waals surface area contributed by atoms with E-state index in [4.69, 9.17) is 55.3 Å². The number of benzene rings is 1. The van der Waals surface area contributed by atoms with Crippen LogP contribution in [0.2, 0.25) is 33.2 Å². The van der Waals surface area contributed by atoms with Crippen LogP contribution in [0.5, 0.6) is 5.75 Å². The molecule has 0 aliphatic carbocycles. The van der Waals surface area contributed by atoms with E-state index in [1.54, 1.807) is 0 Å². The zero-order valence-corrected chi connectivity index (χ0v) is 20.7. The Labute approximate surface area is 186 Å². The molecule has 7 heteroatoms. The number of hydrogen-bond acceptors (Lipinski definition) is 2. The molecule has 0 heterocycles. The maximum absolute atomic E-state index is 6.22. The average molecular weight is 474 g/mol. The molecule has 1 rings (SSSR count). The van der Waals surface area contributed by atoms with E-state index in [-0.39, 0.29) is 10.0 Å². The van der Waals surface area contributed by atoms with Crippen LogP contribution in [-0.2, 0) is 4.43 Å². The van der Waals surface area contributed by atoms with Crippen molar-refractivity contribution in [3.05, 3.63) is 26.2 Å². The summed E-state index contributed by atoms with van der Waals surface area (Å²) in [5.41, 5.74) is 0. The van der Waals surface area contributed by atoms with Crippen molar-refractivity contribution < 1.29 is 8.85 Å². The Morgan fingerprint density at radius 3 is 1.67 bits per heavy atom. The molecule has 0 radical (unpaired) electrons. The van der Waals surface area contributed by atoms with E-state index in [0.717, 1.165) is 6.42 Å². The molecule has 156 valence electrons. The fraction of sp³-hybridized carbons (Fsp3) is 0.700. The topological polar surface area (TPSA) is 18.5 Å². The van der Waals surface area contributed by atoms with Gasteiger partial charge in [0.2, 0.25) is 0 Å². The van der Waals surface area contributed by atoms with Gasteiger partial charge >= 0.3 is 8.56 Å². The van der Waals surface area contributed by atoms with Crippen molar-refractivity contribution in [2.45, 2.75) is 84.2 Å². The molecule has 27 heavy (non-hydrogen) atoms. The highest BCUT2D eigenvalue weighted by Gasteiger charge is 2.30. The van der Waals surface area contributed by atoms with Crippen molar-refractivity contribution in [1.82, 2.24) is 0 Å². The molecule has 0 spiro atoms. The van der Waals surface area contributed by atoms with E-state index in [9.17, 15) is 0 Å². The second-order valence-electron chi connectivity index (χ2n) is 7.33. The molecule has 0 amide bonds. The van der Waals surface area contributed by atoms with Gasteiger partial charge in [-0.3, -0.25) is 0 Å².